The SMILES string of the molecule is Fc1ccc2cc(-c3cccc(-n4c5ccccc5c5ccc(-c6ccc7c(c6)c6ccccc6n7-c6ccccc6)cc54)n3)ccc2c1. The molecule has 10 aromatic rings. The third-order valence-corrected chi connectivity index (χ3v) is 9.76. The summed E-state index contributed by atoms with van der Waals surface area (Å²) in [6.07, 6.45) is 0. The quantitative estimate of drug-likeness (QED) is 0.190. The van der Waals surface area contributed by atoms with Crippen LogP contribution < -0.4 is 0 Å². The Balaban J connectivity index is 1.15. The van der Waals surface area contributed by atoms with Gasteiger partial charge in [0, 0.05) is 32.8 Å². The third-order valence-electron chi connectivity index (χ3n) is 9.76. The first kappa shape index (κ1) is 27.6. The Morgan fingerprint density at radius 1 is 0.388 bits per heavy atom. The summed E-state index contributed by atoms with van der Waals surface area (Å²) in [6, 6.07) is 58.5. The predicted molar refractivity (Wildman–Crippen MR) is 201 cm³/mol. The largest absolute Gasteiger partial charge is 0.309 e. The van der Waals surface area contributed by atoms with Crippen molar-refractivity contribution >= 4 is 54.4 Å². The van der Waals surface area contributed by atoms with Gasteiger partial charge in [0.1, 0.15) is 11.6 Å². The molecule has 0 aliphatic carbocycles. The van der Waals surface area contributed by atoms with Gasteiger partial charge in [-0.1, -0.05) is 97.1 Å². The van der Waals surface area contributed by atoms with Crippen molar-refractivity contribution < 1.29 is 4.39 Å². The van der Waals surface area contributed by atoms with E-state index in [9.17, 15) is 4.39 Å². The highest BCUT2D eigenvalue weighted by Crippen LogP contribution is 2.38. The summed E-state index contributed by atoms with van der Waals surface area (Å²) in [6.45, 7) is 0. The molecule has 3 heterocycles. The van der Waals surface area contributed by atoms with Crippen molar-refractivity contribution in [1.82, 2.24) is 14.1 Å². The highest BCUT2D eigenvalue weighted by Gasteiger charge is 2.17. The van der Waals surface area contributed by atoms with Crippen LogP contribution in [0, 0.1) is 5.82 Å². The number of nitrogens with zero attached hydrogens (tertiary/aromatic N) is 3. The van der Waals surface area contributed by atoms with Crippen molar-refractivity contribution in [1.29, 1.82) is 0 Å². The van der Waals surface area contributed by atoms with Gasteiger partial charge in [-0.05, 0) is 94.7 Å². The molecule has 49 heavy (non-hydrogen) atoms. The van der Waals surface area contributed by atoms with E-state index in [1.165, 1.54) is 38.6 Å². The molecule has 7 aromatic carbocycles. The minimum Gasteiger partial charge on any atom is -0.309 e. The van der Waals surface area contributed by atoms with Crippen molar-refractivity contribution in [3.63, 3.8) is 0 Å². The number of aromatic nitrogens is 3. The van der Waals surface area contributed by atoms with Crippen molar-refractivity contribution in [3.05, 3.63) is 176 Å². The van der Waals surface area contributed by atoms with E-state index in [0.717, 1.165) is 55.7 Å². The minimum atomic E-state index is -0.232. The van der Waals surface area contributed by atoms with Gasteiger partial charge in [0.05, 0.1) is 27.8 Å². The lowest BCUT2D eigenvalue weighted by molar-refractivity contribution is 0.630. The van der Waals surface area contributed by atoms with Gasteiger partial charge in [-0.3, -0.25) is 4.57 Å². The maximum Gasteiger partial charge on any atom is 0.138 e. The van der Waals surface area contributed by atoms with E-state index in [0.29, 0.717) is 0 Å². The highest BCUT2D eigenvalue weighted by atomic mass is 19.1. The number of pyridine rings is 1. The summed E-state index contributed by atoms with van der Waals surface area (Å²) < 4.78 is 18.5. The molecule has 230 valence electrons. The van der Waals surface area contributed by atoms with E-state index in [1.54, 1.807) is 6.07 Å². The van der Waals surface area contributed by atoms with Gasteiger partial charge in [0.25, 0.3) is 0 Å². The van der Waals surface area contributed by atoms with E-state index in [-0.39, 0.29) is 5.82 Å². The number of rotatable bonds is 4. The van der Waals surface area contributed by atoms with Gasteiger partial charge in [0.2, 0.25) is 0 Å². The van der Waals surface area contributed by atoms with E-state index in [2.05, 4.69) is 143 Å². The fraction of sp³-hybridized carbons (Fsp3) is 0. The molecule has 10 rings (SSSR count). The van der Waals surface area contributed by atoms with Crippen LogP contribution in [0.3, 0.4) is 0 Å². The van der Waals surface area contributed by atoms with Gasteiger partial charge >= 0.3 is 0 Å². The molecule has 0 bridgehead atoms. The maximum atomic E-state index is 13.8. The highest BCUT2D eigenvalue weighted by molar-refractivity contribution is 6.12. The average molecular weight is 630 g/mol. The van der Waals surface area contributed by atoms with Crippen molar-refractivity contribution in [2.75, 3.05) is 0 Å². The predicted octanol–water partition coefficient (Wildman–Crippen LogP) is 11.9. The van der Waals surface area contributed by atoms with Crippen LogP contribution in [0.5, 0.6) is 0 Å². The van der Waals surface area contributed by atoms with E-state index in [4.69, 9.17) is 4.98 Å². The molecular formula is C45H28FN3. The van der Waals surface area contributed by atoms with E-state index in [1.807, 2.05) is 24.3 Å². The molecular weight excluding hydrogens is 602 g/mol. The van der Waals surface area contributed by atoms with Crippen LogP contribution in [0.2, 0.25) is 0 Å². The van der Waals surface area contributed by atoms with Crippen molar-refractivity contribution in [3.8, 4) is 33.9 Å². The number of hydrogen-bond donors (Lipinski definition) is 0. The second kappa shape index (κ2) is 10.8. The van der Waals surface area contributed by atoms with Crippen molar-refractivity contribution in [2.45, 2.75) is 0 Å². The fourth-order valence-corrected chi connectivity index (χ4v) is 7.49. The summed E-state index contributed by atoms with van der Waals surface area (Å²) in [7, 11) is 0. The molecule has 0 unspecified atom stereocenters. The Labute approximate surface area is 281 Å². The normalized spacial score (nSPS) is 11.8. The van der Waals surface area contributed by atoms with Crippen molar-refractivity contribution in [2.24, 2.45) is 0 Å². The average Bonchev–Trinajstić information content (AvgIpc) is 3.67. The second-order valence-corrected chi connectivity index (χ2v) is 12.6. The molecule has 0 atom stereocenters. The Kier molecular flexibility index (Phi) is 6.06. The van der Waals surface area contributed by atoms with Gasteiger partial charge in [-0.25, -0.2) is 9.37 Å². The molecule has 3 aromatic heterocycles. The first-order chi connectivity index (χ1) is 24.2. The van der Waals surface area contributed by atoms with Gasteiger partial charge in [-0.2, -0.15) is 0 Å². The number of para-hydroxylation sites is 3. The molecule has 0 aliphatic rings. The Morgan fingerprint density at radius 2 is 1.02 bits per heavy atom. The van der Waals surface area contributed by atoms with Gasteiger partial charge in [0.15, 0.2) is 0 Å². The second-order valence-electron chi connectivity index (χ2n) is 12.6. The van der Waals surface area contributed by atoms with E-state index < -0.39 is 0 Å². The smallest absolute Gasteiger partial charge is 0.138 e. The molecule has 0 saturated carbocycles. The third kappa shape index (κ3) is 4.38. The number of halogens is 1. The van der Waals surface area contributed by atoms with Crippen LogP contribution in [0.25, 0.3) is 88.3 Å². The van der Waals surface area contributed by atoms with Crippen LogP contribution in [-0.4, -0.2) is 14.1 Å². The topological polar surface area (TPSA) is 22.8 Å². The lowest BCUT2D eigenvalue weighted by Crippen LogP contribution is -1.98. The molecule has 0 amide bonds. The van der Waals surface area contributed by atoms with Crippen LogP contribution in [0.1, 0.15) is 0 Å². The molecule has 0 fully saturated rings. The molecule has 0 aliphatic heterocycles. The van der Waals surface area contributed by atoms with Gasteiger partial charge < -0.3 is 4.57 Å². The standard InChI is InChI=1S/C45H28FN3/c46-34-22-19-29-25-33(18-17-30(29)26-34)40-13-8-16-45(47-40)49-42-15-7-4-11-36(42)38-23-20-32(28-44(38)49)31-21-24-43-39(27-31)37-12-5-6-14-41(37)48(43)35-9-2-1-3-10-35/h1-28H. The number of hydrogen-bond acceptors (Lipinski definition) is 1. The summed E-state index contributed by atoms with van der Waals surface area (Å²) in [4.78, 5) is 5.21. The lowest BCUT2D eigenvalue weighted by atomic mass is 10.0. The number of fused-ring (bicyclic) bond motifs is 7. The number of benzene rings is 7. The summed E-state index contributed by atoms with van der Waals surface area (Å²) >= 11 is 0. The van der Waals surface area contributed by atoms with Crippen LogP contribution in [-0.2, 0) is 0 Å². The van der Waals surface area contributed by atoms with Crippen LogP contribution in [0.4, 0.5) is 4.39 Å². The van der Waals surface area contributed by atoms with Gasteiger partial charge in [-0.15, -0.1) is 0 Å². The molecule has 0 saturated heterocycles. The minimum absolute atomic E-state index is 0.232. The first-order valence-corrected chi connectivity index (χ1v) is 16.5. The molecule has 4 heteroatoms. The maximum absolute atomic E-state index is 13.8. The Hall–Kier alpha value is -6.52. The molecule has 0 spiro atoms. The first-order valence-electron chi connectivity index (χ1n) is 16.5. The molecule has 0 radical (unpaired) electrons. The zero-order valence-corrected chi connectivity index (χ0v) is 26.4. The van der Waals surface area contributed by atoms with Crippen LogP contribution >= 0.6 is 0 Å². The van der Waals surface area contributed by atoms with Crippen LogP contribution in [0.15, 0.2) is 170 Å². The molecule has 0 N–H and O–H groups in total. The summed E-state index contributed by atoms with van der Waals surface area (Å²) in [5.41, 5.74) is 9.91. The Morgan fingerprint density at radius 3 is 1.88 bits per heavy atom. The monoisotopic (exact) mass is 629 g/mol. The lowest BCUT2D eigenvalue weighted by Gasteiger charge is -2.11. The van der Waals surface area contributed by atoms with E-state index >= 15 is 0 Å². The zero-order chi connectivity index (χ0) is 32.5. The zero-order valence-electron chi connectivity index (χ0n) is 26.4. The fourth-order valence-electron chi connectivity index (χ4n) is 7.49. The Bertz CT molecular complexity index is 2900. The molecule has 3 nitrogen and oxygen atoms in total. The summed E-state index contributed by atoms with van der Waals surface area (Å²) in [5.74, 6) is 0.617. The summed E-state index contributed by atoms with van der Waals surface area (Å²) in [5, 5.41) is 6.68.